The van der Waals surface area contributed by atoms with Gasteiger partial charge >= 0.3 is 5.97 Å². The fraction of sp³-hybridized carbons (Fsp3) is 0.111. The Morgan fingerprint density at radius 3 is 2.93 bits per heavy atom. The van der Waals surface area contributed by atoms with Crippen LogP contribution in [0.2, 0.25) is 0 Å². The third-order valence-electron chi connectivity index (χ3n) is 2.01. The van der Waals surface area contributed by atoms with Crippen molar-refractivity contribution in [3.05, 3.63) is 29.5 Å². The van der Waals surface area contributed by atoms with Gasteiger partial charge in [-0.3, -0.25) is 5.10 Å². The van der Waals surface area contributed by atoms with Gasteiger partial charge in [-0.1, -0.05) is 6.07 Å². The van der Waals surface area contributed by atoms with Crippen LogP contribution in [0.25, 0.3) is 10.9 Å². The number of benzene rings is 1. The van der Waals surface area contributed by atoms with Crippen molar-refractivity contribution >= 4 is 16.9 Å². The number of aromatic amines is 1. The minimum atomic E-state index is -1.06. The van der Waals surface area contributed by atoms with E-state index in [0.29, 0.717) is 10.9 Å². The zero-order chi connectivity index (χ0) is 10.1. The van der Waals surface area contributed by atoms with Gasteiger partial charge in [-0.05, 0) is 17.7 Å². The van der Waals surface area contributed by atoms with Crippen molar-refractivity contribution in [3.8, 4) is 0 Å². The molecule has 14 heavy (non-hydrogen) atoms. The first-order valence-corrected chi connectivity index (χ1v) is 4.03. The fourth-order valence-corrected chi connectivity index (χ4v) is 1.33. The normalized spacial score (nSPS) is 10.6. The van der Waals surface area contributed by atoms with Crippen LogP contribution in [0.4, 0.5) is 0 Å². The van der Waals surface area contributed by atoms with E-state index in [1.165, 1.54) is 0 Å². The number of aromatic carboxylic acids is 1. The van der Waals surface area contributed by atoms with Gasteiger partial charge in [0.2, 0.25) is 0 Å². The third-order valence-corrected chi connectivity index (χ3v) is 2.01. The van der Waals surface area contributed by atoms with Crippen LogP contribution in [-0.4, -0.2) is 26.4 Å². The molecule has 2 aromatic rings. The Hall–Kier alpha value is -1.88. The highest BCUT2D eigenvalue weighted by Crippen LogP contribution is 2.17. The lowest BCUT2D eigenvalue weighted by Gasteiger charge is -1.95. The highest BCUT2D eigenvalue weighted by molar-refractivity contribution is 6.00. The lowest BCUT2D eigenvalue weighted by atomic mass is 10.1. The number of carbonyl (C=O) groups is 1. The Morgan fingerprint density at radius 1 is 1.50 bits per heavy atom. The molecular formula is C9H8N2O3. The zero-order valence-electron chi connectivity index (χ0n) is 7.19. The predicted octanol–water partition coefficient (Wildman–Crippen LogP) is 0.753. The maximum atomic E-state index is 10.7. The Balaban J connectivity index is 2.65. The number of hydrogen-bond donors (Lipinski definition) is 3. The molecule has 0 aliphatic rings. The Bertz CT molecular complexity index is 490. The van der Waals surface area contributed by atoms with E-state index in [4.69, 9.17) is 10.2 Å². The maximum Gasteiger partial charge on any atom is 0.357 e. The van der Waals surface area contributed by atoms with E-state index in [1.54, 1.807) is 18.2 Å². The average Bonchev–Trinajstić information content (AvgIpc) is 2.59. The lowest BCUT2D eigenvalue weighted by Crippen LogP contribution is -1.96. The van der Waals surface area contributed by atoms with Gasteiger partial charge in [0.1, 0.15) is 0 Å². The molecule has 2 rings (SSSR count). The number of hydrogen-bond acceptors (Lipinski definition) is 3. The van der Waals surface area contributed by atoms with Crippen LogP contribution in [0.5, 0.6) is 0 Å². The number of aromatic nitrogens is 2. The summed E-state index contributed by atoms with van der Waals surface area (Å²) in [5, 5.41) is 24.4. The second-order valence-corrected chi connectivity index (χ2v) is 2.92. The molecule has 5 nitrogen and oxygen atoms in total. The molecule has 0 radical (unpaired) electrons. The Morgan fingerprint density at radius 2 is 2.29 bits per heavy atom. The standard InChI is InChI=1S/C9H8N2O3/c12-4-5-1-2-6-7(3-5)10-11-8(6)9(13)14/h1-3,12H,4H2,(H,10,11)(H,13,14). The van der Waals surface area contributed by atoms with Gasteiger partial charge in [0.15, 0.2) is 5.69 Å². The summed E-state index contributed by atoms with van der Waals surface area (Å²) >= 11 is 0. The number of aliphatic hydroxyl groups is 1. The van der Waals surface area contributed by atoms with Crippen molar-refractivity contribution in [3.63, 3.8) is 0 Å². The van der Waals surface area contributed by atoms with E-state index in [1.807, 2.05) is 0 Å². The van der Waals surface area contributed by atoms with Gasteiger partial charge < -0.3 is 10.2 Å². The molecule has 1 aromatic carbocycles. The molecule has 0 fully saturated rings. The van der Waals surface area contributed by atoms with E-state index in [2.05, 4.69) is 10.2 Å². The number of carboxylic acids is 1. The highest BCUT2D eigenvalue weighted by Gasteiger charge is 2.12. The maximum absolute atomic E-state index is 10.7. The van der Waals surface area contributed by atoms with Crippen LogP contribution in [0.3, 0.4) is 0 Å². The lowest BCUT2D eigenvalue weighted by molar-refractivity contribution is 0.0692. The molecule has 3 N–H and O–H groups in total. The van der Waals surface area contributed by atoms with Crippen LogP contribution < -0.4 is 0 Å². The van der Waals surface area contributed by atoms with Crippen molar-refractivity contribution in [1.82, 2.24) is 10.2 Å². The number of H-pyrrole nitrogens is 1. The van der Waals surface area contributed by atoms with E-state index in [-0.39, 0.29) is 12.3 Å². The smallest absolute Gasteiger partial charge is 0.357 e. The molecule has 72 valence electrons. The molecule has 0 bridgehead atoms. The summed E-state index contributed by atoms with van der Waals surface area (Å²) in [7, 11) is 0. The Kier molecular flexibility index (Phi) is 1.94. The van der Waals surface area contributed by atoms with Crippen LogP contribution in [-0.2, 0) is 6.61 Å². The molecule has 1 heterocycles. The van der Waals surface area contributed by atoms with Gasteiger partial charge in [0.25, 0.3) is 0 Å². The fourth-order valence-electron chi connectivity index (χ4n) is 1.33. The first kappa shape index (κ1) is 8.71. The summed E-state index contributed by atoms with van der Waals surface area (Å²) in [6, 6.07) is 4.98. The molecule has 0 spiro atoms. The van der Waals surface area contributed by atoms with Crippen LogP contribution in [0, 0.1) is 0 Å². The minimum Gasteiger partial charge on any atom is -0.476 e. The van der Waals surface area contributed by atoms with Gasteiger partial charge in [-0.15, -0.1) is 0 Å². The number of nitrogens with zero attached hydrogens (tertiary/aromatic N) is 1. The zero-order valence-corrected chi connectivity index (χ0v) is 7.19. The molecule has 0 amide bonds. The van der Waals surface area contributed by atoms with Gasteiger partial charge in [-0.2, -0.15) is 5.10 Å². The first-order chi connectivity index (χ1) is 6.72. The molecule has 1 aromatic heterocycles. The first-order valence-electron chi connectivity index (χ1n) is 4.03. The number of aliphatic hydroxyl groups excluding tert-OH is 1. The molecule has 0 unspecified atom stereocenters. The summed E-state index contributed by atoms with van der Waals surface area (Å²) in [6.45, 7) is -0.0721. The second-order valence-electron chi connectivity index (χ2n) is 2.92. The average molecular weight is 192 g/mol. The predicted molar refractivity (Wildman–Crippen MR) is 49.0 cm³/mol. The number of fused-ring (bicyclic) bond motifs is 1. The summed E-state index contributed by atoms with van der Waals surface area (Å²) in [4.78, 5) is 10.7. The van der Waals surface area contributed by atoms with Gasteiger partial charge in [0, 0.05) is 5.39 Å². The minimum absolute atomic E-state index is 0.00416. The van der Waals surface area contributed by atoms with E-state index >= 15 is 0 Å². The van der Waals surface area contributed by atoms with E-state index < -0.39 is 5.97 Å². The van der Waals surface area contributed by atoms with Crippen molar-refractivity contribution in [1.29, 1.82) is 0 Å². The summed E-state index contributed by atoms with van der Waals surface area (Å²) in [5.41, 5.74) is 1.34. The topological polar surface area (TPSA) is 86.2 Å². The quantitative estimate of drug-likeness (QED) is 0.655. The molecule has 0 aliphatic heterocycles. The van der Waals surface area contributed by atoms with Crippen molar-refractivity contribution in [2.24, 2.45) is 0 Å². The molecule has 5 heteroatoms. The molecule has 0 atom stereocenters. The summed E-state index contributed by atoms with van der Waals surface area (Å²) in [5.74, 6) is -1.06. The summed E-state index contributed by atoms with van der Waals surface area (Å²) < 4.78 is 0. The van der Waals surface area contributed by atoms with E-state index in [9.17, 15) is 4.79 Å². The van der Waals surface area contributed by atoms with Crippen molar-refractivity contribution in [2.75, 3.05) is 0 Å². The third kappa shape index (κ3) is 1.23. The van der Waals surface area contributed by atoms with Crippen LogP contribution in [0.15, 0.2) is 18.2 Å². The van der Waals surface area contributed by atoms with Gasteiger partial charge in [-0.25, -0.2) is 4.79 Å². The second kappa shape index (κ2) is 3.12. The van der Waals surface area contributed by atoms with Gasteiger partial charge in [0.05, 0.1) is 12.1 Å². The molecule has 0 aliphatic carbocycles. The molecule has 0 saturated heterocycles. The number of nitrogens with one attached hydrogen (secondary N) is 1. The summed E-state index contributed by atoms with van der Waals surface area (Å²) in [6.07, 6.45) is 0. The largest absolute Gasteiger partial charge is 0.476 e. The van der Waals surface area contributed by atoms with Crippen molar-refractivity contribution < 1.29 is 15.0 Å². The monoisotopic (exact) mass is 192 g/mol. The SMILES string of the molecule is O=C(O)c1n[nH]c2cc(CO)ccc12. The Labute approximate surface area is 79.0 Å². The number of carboxylic acid groups (broad SMARTS) is 1. The van der Waals surface area contributed by atoms with E-state index in [0.717, 1.165) is 5.56 Å². The number of rotatable bonds is 2. The highest BCUT2D eigenvalue weighted by atomic mass is 16.4. The van der Waals surface area contributed by atoms with Crippen LogP contribution >= 0.6 is 0 Å². The molecular weight excluding hydrogens is 184 g/mol. The molecule has 0 saturated carbocycles. The van der Waals surface area contributed by atoms with Crippen LogP contribution in [0.1, 0.15) is 16.1 Å². The van der Waals surface area contributed by atoms with Crippen molar-refractivity contribution in [2.45, 2.75) is 6.61 Å².